The van der Waals surface area contributed by atoms with Crippen LogP contribution in [0.3, 0.4) is 0 Å². The number of aliphatic hydroxyl groups is 1. The van der Waals surface area contributed by atoms with E-state index in [9.17, 15) is 19.8 Å². The van der Waals surface area contributed by atoms with E-state index in [1.807, 2.05) is 24.4 Å². The Balaban J connectivity index is 1.58. The number of likely N-dealkylation sites (tertiary alicyclic amines) is 1. The number of aromatic nitrogens is 1. The van der Waals surface area contributed by atoms with E-state index >= 15 is 0 Å². The Bertz CT molecular complexity index is 1590. The minimum Gasteiger partial charge on any atom is -0.507 e. The molecule has 1 atom stereocenters. The van der Waals surface area contributed by atoms with Gasteiger partial charge in [-0.15, -0.1) is 0 Å². The van der Waals surface area contributed by atoms with E-state index in [4.69, 9.17) is 21.1 Å². The number of benzene rings is 3. The highest BCUT2D eigenvalue weighted by Gasteiger charge is 2.46. The number of aromatic amines is 1. The van der Waals surface area contributed by atoms with Crippen LogP contribution in [0, 0.1) is 0 Å². The number of amides is 1. The number of Topliss-reactive ketones (excluding diaryl/α,β-unsaturated/α-hetero) is 1. The number of hydrogen-bond acceptors (Lipinski definition) is 6. The number of nitrogens with zero attached hydrogens (tertiary/aromatic N) is 1. The van der Waals surface area contributed by atoms with Gasteiger partial charge in [-0.05, 0) is 79.1 Å². The third kappa shape index (κ3) is 4.91. The largest absolute Gasteiger partial charge is 0.507 e. The minimum absolute atomic E-state index is 0.0453. The number of aliphatic hydroxyl groups excluding tert-OH is 1. The number of halogens is 1. The van der Waals surface area contributed by atoms with E-state index in [-0.39, 0.29) is 29.4 Å². The van der Waals surface area contributed by atoms with Crippen LogP contribution in [0.5, 0.6) is 17.2 Å². The van der Waals surface area contributed by atoms with Crippen molar-refractivity contribution in [3.05, 3.63) is 94.1 Å². The molecule has 0 bridgehead atoms. The monoisotopic (exact) mass is 546 g/mol. The SMILES string of the molecule is CCOc1cc([C@@H]2C(=C(O)c3ccc(Cl)cc3)C(=O)C(=O)N2CCc2c[nH]c3ccc(OC)cc23)ccc1O. The molecule has 0 spiro atoms. The Hall–Kier alpha value is -4.43. The standard InChI is InChI=1S/C30H27ClN2O6/c1-3-39-25-14-18(6-11-24(25)34)27-26(28(35)17-4-7-20(31)8-5-17)29(36)30(37)33(27)13-12-19-16-32-23-10-9-21(38-2)15-22(19)23/h4-11,14-16,27,32,34-35H,3,12-13H2,1-2H3/t27-/m1/s1. The van der Waals surface area contributed by atoms with Crippen LogP contribution in [0.25, 0.3) is 16.7 Å². The van der Waals surface area contributed by atoms with Crippen molar-refractivity contribution < 1.29 is 29.3 Å². The lowest BCUT2D eigenvalue weighted by Gasteiger charge is -2.26. The molecule has 0 radical (unpaired) electrons. The zero-order chi connectivity index (χ0) is 27.7. The Kier molecular flexibility index (Phi) is 7.21. The van der Waals surface area contributed by atoms with Gasteiger partial charge < -0.3 is 29.6 Å². The molecule has 1 saturated heterocycles. The molecule has 0 unspecified atom stereocenters. The maximum Gasteiger partial charge on any atom is 0.295 e. The van der Waals surface area contributed by atoms with E-state index in [2.05, 4.69) is 4.98 Å². The normalized spacial score (nSPS) is 16.7. The molecule has 1 aromatic heterocycles. The van der Waals surface area contributed by atoms with Crippen LogP contribution in [0.2, 0.25) is 5.02 Å². The van der Waals surface area contributed by atoms with Gasteiger partial charge in [-0.3, -0.25) is 9.59 Å². The van der Waals surface area contributed by atoms with Crippen LogP contribution in [0.4, 0.5) is 0 Å². The summed E-state index contributed by atoms with van der Waals surface area (Å²) in [4.78, 5) is 31.4. The predicted octanol–water partition coefficient (Wildman–Crippen LogP) is 5.60. The van der Waals surface area contributed by atoms with Crippen molar-refractivity contribution in [3.63, 3.8) is 0 Å². The maximum atomic E-state index is 13.4. The number of aromatic hydroxyl groups is 1. The van der Waals surface area contributed by atoms with Crippen molar-refractivity contribution in [1.29, 1.82) is 0 Å². The van der Waals surface area contributed by atoms with Gasteiger partial charge in [0.05, 0.1) is 25.3 Å². The summed E-state index contributed by atoms with van der Waals surface area (Å²) in [5.74, 6) is -0.962. The average Bonchev–Trinajstić information content (AvgIpc) is 3.46. The Morgan fingerprint density at radius 2 is 1.85 bits per heavy atom. The van der Waals surface area contributed by atoms with Gasteiger partial charge in [0, 0.05) is 34.2 Å². The van der Waals surface area contributed by atoms with E-state index in [1.54, 1.807) is 50.4 Å². The lowest BCUT2D eigenvalue weighted by molar-refractivity contribution is -0.139. The predicted molar refractivity (Wildman–Crippen MR) is 148 cm³/mol. The smallest absolute Gasteiger partial charge is 0.295 e. The number of nitrogens with one attached hydrogen (secondary N) is 1. The first kappa shape index (κ1) is 26.2. The van der Waals surface area contributed by atoms with Gasteiger partial charge in [0.15, 0.2) is 11.5 Å². The maximum absolute atomic E-state index is 13.4. The highest BCUT2D eigenvalue weighted by Crippen LogP contribution is 2.42. The van der Waals surface area contributed by atoms with Crippen LogP contribution in [0.15, 0.2) is 72.4 Å². The van der Waals surface area contributed by atoms with Gasteiger partial charge in [0.1, 0.15) is 11.5 Å². The van der Waals surface area contributed by atoms with Crippen molar-refractivity contribution in [2.75, 3.05) is 20.3 Å². The van der Waals surface area contributed by atoms with Crippen molar-refractivity contribution >= 4 is 40.0 Å². The molecular weight excluding hydrogens is 520 g/mol. The molecule has 5 rings (SSSR count). The molecule has 0 aliphatic carbocycles. The summed E-state index contributed by atoms with van der Waals surface area (Å²) in [6, 6.07) is 15.8. The zero-order valence-corrected chi connectivity index (χ0v) is 22.2. The summed E-state index contributed by atoms with van der Waals surface area (Å²) in [5, 5.41) is 23.0. The summed E-state index contributed by atoms with van der Waals surface area (Å²) in [7, 11) is 1.60. The molecule has 1 aliphatic heterocycles. The highest BCUT2D eigenvalue weighted by atomic mass is 35.5. The van der Waals surface area contributed by atoms with Gasteiger partial charge in [0.2, 0.25) is 0 Å². The van der Waals surface area contributed by atoms with Gasteiger partial charge in [0.25, 0.3) is 11.7 Å². The summed E-state index contributed by atoms with van der Waals surface area (Å²) >= 11 is 6.01. The van der Waals surface area contributed by atoms with Gasteiger partial charge in [-0.1, -0.05) is 17.7 Å². The van der Waals surface area contributed by atoms with Gasteiger partial charge >= 0.3 is 0 Å². The average molecular weight is 547 g/mol. The number of carbonyl (C=O) groups excluding carboxylic acids is 2. The molecule has 0 saturated carbocycles. The molecule has 200 valence electrons. The molecule has 9 heteroatoms. The second kappa shape index (κ2) is 10.7. The number of hydrogen-bond donors (Lipinski definition) is 3. The van der Waals surface area contributed by atoms with Crippen LogP contribution in [0.1, 0.15) is 29.7 Å². The van der Waals surface area contributed by atoms with Crippen LogP contribution >= 0.6 is 11.6 Å². The number of ketones is 1. The van der Waals surface area contributed by atoms with E-state index in [1.165, 1.54) is 11.0 Å². The molecular formula is C30H27ClN2O6. The molecule has 2 heterocycles. The quantitative estimate of drug-likeness (QED) is 0.151. The lowest BCUT2D eigenvalue weighted by Crippen LogP contribution is -2.31. The Morgan fingerprint density at radius 3 is 2.56 bits per heavy atom. The first-order chi connectivity index (χ1) is 18.8. The fourth-order valence-electron chi connectivity index (χ4n) is 4.92. The number of fused-ring (bicyclic) bond motifs is 1. The van der Waals surface area contributed by atoms with E-state index < -0.39 is 17.7 Å². The molecule has 8 nitrogen and oxygen atoms in total. The molecule has 1 aliphatic rings. The van der Waals surface area contributed by atoms with Crippen molar-refractivity contribution in [2.24, 2.45) is 0 Å². The fourth-order valence-corrected chi connectivity index (χ4v) is 5.05. The second-order valence-corrected chi connectivity index (χ2v) is 9.57. The van der Waals surface area contributed by atoms with Crippen molar-refractivity contribution in [3.8, 4) is 17.2 Å². The van der Waals surface area contributed by atoms with Gasteiger partial charge in [-0.2, -0.15) is 0 Å². The number of phenols is 1. The Labute approximate surface area is 230 Å². The molecule has 1 amide bonds. The number of H-pyrrole nitrogens is 1. The number of methoxy groups -OCH3 is 1. The third-order valence-electron chi connectivity index (χ3n) is 6.85. The number of ether oxygens (including phenoxy) is 2. The van der Waals surface area contributed by atoms with Crippen LogP contribution < -0.4 is 9.47 Å². The van der Waals surface area contributed by atoms with E-state index in [0.717, 1.165) is 16.5 Å². The Morgan fingerprint density at radius 1 is 1.08 bits per heavy atom. The van der Waals surface area contributed by atoms with Crippen molar-refractivity contribution in [1.82, 2.24) is 9.88 Å². The third-order valence-corrected chi connectivity index (χ3v) is 7.11. The number of phenolic OH excluding ortho intramolecular Hbond substituents is 1. The lowest BCUT2D eigenvalue weighted by atomic mass is 9.95. The number of rotatable bonds is 8. The zero-order valence-electron chi connectivity index (χ0n) is 21.4. The summed E-state index contributed by atoms with van der Waals surface area (Å²) in [6.45, 7) is 2.29. The van der Waals surface area contributed by atoms with Crippen LogP contribution in [-0.2, 0) is 16.0 Å². The first-order valence-corrected chi connectivity index (χ1v) is 12.8. The molecule has 4 aromatic rings. The highest BCUT2D eigenvalue weighted by molar-refractivity contribution is 6.46. The van der Waals surface area contributed by atoms with Gasteiger partial charge in [-0.25, -0.2) is 0 Å². The second-order valence-electron chi connectivity index (χ2n) is 9.13. The summed E-state index contributed by atoms with van der Waals surface area (Å²) < 4.78 is 10.9. The molecule has 39 heavy (non-hydrogen) atoms. The summed E-state index contributed by atoms with van der Waals surface area (Å²) in [5.41, 5.74) is 2.70. The molecule has 3 aromatic carbocycles. The van der Waals surface area contributed by atoms with E-state index in [0.29, 0.717) is 34.9 Å². The topological polar surface area (TPSA) is 112 Å². The van der Waals surface area contributed by atoms with Crippen LogP contribution in [-0.4, -0.2) is 52.0 Å². The minimum atomic E-state index is -0.903. The summed E-state index contributed by atoms with van der Waals surface area (Å²) in [6.07, 6.45) is 2.31. The molecule has 1 fully saturated rings. The first-order valence-electron chi connectivity index (χ1n) is 12.5. The van der Waals surface area contributed by atoms with Crippen molar-refractivity contribution in [2.45, 2.75) is 19.4 Å². The number of carbonyl (C=O) groups is 2. The fraction of sp³-hybridized carbons (Fsp3) is 0.200. The molecule has 3 N–H and O–H groups in total.